The molecule has 132 valence electrons. The molecule has 0 unspecified atom stereocenters. The van der Waals surface area contributed by atoms with Crippen LogP contribution in [0.3, 0.4) is 0 Å². The molecule has 1 fully saturated rings. The summed E-state index contributed by atoms with van der Waals surface area (Å²) in [7, 11) is 1.80. The topological polar surface area (TPSA) is 92.8 Å². The number of hydrogen-bond acceptors (Lipinski definition) is 7. The highest BCUT2D eigenvalue weighted by Crippen LogP contribution is 2.38. The van der Waals surface area contributed by atoms with E-state index in [1.165, 1.54) is 5.56 Å². The highest BCUT2D eigenvalue weighted by molar-refractivity contribution is 5.60. The molecule has 4 heterocycles. The summed E-state index contributed by atoms with van der Waals surface area (Å²) in [5.41, 5.74) is 2.86. The van der Waals surface area contributed by atoms with Crippen LogP contribution in [0.15, 0.2) is 30.6 Å². The molecule has 0 saturated carbocycles. The minimum atomic E-state index is -0.945. The Balaban J connectivity index is 1.50. The molecule has 0 amide bonds. The van der Waals surface area contributed by atoms with E-state index in [2.05, 4.69) is 20.2 Å². The van der Waals surface area contributed by atoms with Crippen molar-refractivity contribution in [1.29, 1.82) is 0 Å². The fourth-order valence-electron chi connectivity index (χ4n) is 3.89. The second-order valence-corrected chi connectivity index (χ2v) is 7.00. The standard InChI is InChI=1S/C18H19N7O/c1-24-15(9-20-23-24)18(26)10-25(11-18)17-12-5-4-7-13(12)21-16(22-17)14-6-2-3-8-19-14/h2-3,6,8-9,26H,4-5,7,10-11H2,1H3. The lowest BCUT2D eigenvalue weighted by atomic mass is 9.90. The Morgan fingerprint density at radius 1 is 1.15 bits per heavy atom. The number of aliphatic hydroxyl groups is 1. The molecule has 1 aliphatic heterocycles. The van der Waals surface area contributed by atoms with Crippen LogP contribution in [0.25, 0.3) is 11.5 Å². The molecule has 1 aliphatic carbocycles. The first-order chi connectivity index (χ1) is 12.6. The van der Waals surface area contributed by atoms with Crippen molar-refractivity contribution < 1.29 is 5.11 Å². The summed E-state index contributed by atoms with van der Waals surface area (Å²) in [6.07, 6.45) is 6.42. The molecule has 3 aromatic heterocycles. The van der Waals surface area contributed by atoms with Crippen LogP contribution in [0.1, 0.15) is 23.4 Å². The van der Waals surface area contributed by atoms with E-state index in [4.69, 9.17) is 9.97 Å². The fraction of sp³-hybridized carbons (Fsp3) is 0.389. The fourth-order valence-corrected chi connectivity index (χ4v) is 3.89. The van der Waals surface area contributed by atoms with Crippen molar-refractivity contribution in [3.8, 4) is 11.5 Å². The predicted molar refractivity (Wildman–Crippen MR) is 94.4 cm³/mol. The van der Waals surface area contributed by atoms with Crippen molar-refractivity contribution in [2.45, 2.75) is 24.9 Å². The Morgan fingerprint density at radius 3 is 2.77 bits per heavy atom. The van der Waals surface area contributed by atoms with Gasteiger partial charge in [-0.3, -0.25) is 4.98 Å². The summed E-state index contributed by atoms with van der Waals surface area (Å²) in [5.74, 6) is 1.58. The maximum atomic E-state index is 10.9. The second-order valence-electron chi connectivity index (χ2n) is 7.00. The van der Waals surface area contributed by atoms with Crippen molar-refractivity contribution in [3.05, 3.63) is 47.5 Å². The maximum Gasteiger partial charge on any atom is 0.180 e. The molecule has 0 atom stereocenters. The van der Waals surface area contributed by atoms with E-state index in [9.17, 15) is 5.11 Å². The van der Waals surface area contributed by atoms with Crippen LogP contribution in [0.2, 0.25) is 0 Å². The SMILES string of the molecule is Cn1nncc1C1(O)CN(c2nc(-c3ccccn3)nc3c2CCC3)C1. The minimum Gasteiger partial charge on any atom is -0.380 e. The molecule has 0 aromatic carbocycles. The monoisotopic (exact) mass is 349 g/mol. The average Bonchev–Trinajstić information content (AvgIpc) is 3.28. The molecule has 0 bridgehead atoms. The van der Waals surface area contributed by atoms with Crippen LogP contribution in [0, 0.1) is 0 Å². The van der Waals surface area contributed by atoms with Crippen molar-refractivity contribution in [1.82, 2.24) is 29.9 Å². The number of hydrogen-bond donors (Lipinski definition) is 1. The van der Waals surface area contributed by atoms with Gasteiger partial charge in [-0.2, -0.15) is 0 Å². The number of anilines is 1. The van der Waals surface area contributed by atoms with E-state index < -0.39 is 5.60 Å². The predicted octanol–water partition coefficient (Wildman–Crippen LogP) is 0.864. The van der Waals surface area contributed by atoms with Gasteiger partial charge >= 0.3 is 0 Å². The number of rotatable bonds is 3. The Morgan fingerprint density at radius 2 is 2.04 bits per heavy atom. The molecule has 8 nitrogen and oxygen atoms in total. The average molecular weight is 349 g/mol. The van der Waals surface area contributed by atoms with Crippen molar-refractivity contribution >= 4 is 5.82 Å². The van der Waals surface area contributed by atoms with Gasteiger partial charge < -0.3 is 10.0 Å². The van der Waals surface area contributed by atoms with Gasteiger partial charge in [-0.1, -0.05) is 11.3 Å². The lowest BCUT2D eigenvalue weighted by Gasteiger charge is -2.47. The Bertz CT molecular complexity index is 963. The van der Waals surface area contributed by atoms with Crippen LogP contribution in [0.4, 0.5) is 5.82 Å². The summed E-state index contributed by atoms with van der Waals surface area (Å²) in [4.78, 5) is 16.1. The van der Waals surface area contributed by atoms with Gasteiger partial charge in [0.25, 0.3) is 0 Å². The summed E-state index contributed by atoms with van der Waals surface area (Å²) in [6, 6.07) is 5.75. The Hall–Kier alpha value is -2.87. The largest absolute Gasteiger partial charge is 0.380 e. The van der Waals surface area contributed by atoms with Gasteiger partial charge in [-0.15, -0.1) is 5.10 Å². The molecular formula is C18H19N7O. The summed E-state index contributed by atoms with van der Waals surface area (Å²) < 4.78 is 1.63. The van der Waals surface area contributed by atoms with E-state index in [0.717, 1.165) is 42.2 Å². The second kappa shape index (κ2) is 5.57. The van der Waals surface area contributed by atoms with Crippen LogP contribution in [-0.4, -0.2) is 48.1 Å². The van der Waals surface area contributed by atoms with Gasteiger partial charge in [0.1, 0.15) is 17.1 Å². The number of aromatic nitrogens is 6. The lowest BCUT2D eigenvalue weighted by molar-refractivity contribution is -0.000588. The van der Waals surface area contributed by atoms with Crippen molar-refractivity contribution in [3.63, 3.8) is 0 Å². The van der Waals surface area contributed by atoms with Gasteiger partial charge in [0.05, 0.1) is 25.0 Å². The molecule has 1 N–H and O–H groups in total. The zero-order chi connectivity index (χ0) is 17.7. The van der Waals surface area contributed by atoms with Gasteiger partial charge in [-0.05, 0) is 31.4 Å². The normalized spacial score (nSPS) is 17.8. The number of pyridine rings is 1. The number of fused-ring (bicyclic) bond motifs is 1. The van der Waals surface area contributed by atoms with Gasteiger partial charge in [0.15, 0.2) is 5.82 Å². The first kappa shape index (κ1) is 15.4. The van der Waals surface area contributed by atoms with E-state index >= 15 is 0 Å². The third-order valence-corrected chi connectivity index (χ3v) is 5.20. The Kier molecular flexibility index (Phi) is 3.30. The van der Waals surface area contributed by atoms with Gasteiger partial charge in [0, 0.05) is 24.5 Å². The van der Waals surface area contributed by atoms with Crippen LogP contribution in [0.5, 0.6) is 0 Å². The summed E-state index contributed by atoms with van der Waals surface area (Å²) >= 11 is 0. The quantitative estimate of drug-likeness (QED) is 0.750. The van der Waals surface area contributed by atoms with Crippen LogP contribution < -0.4 is 4.90 Å². The van der Waals surface area contributed by atoms with Crippen LogP contribution in [-0.2, 0) is 25.5 Å². The van der Waals surface area contributed by atoms with E-state index in [1.54, 1.807) is 24.1 Å². The highest BCUT2D eigenvalue weighted by atomic mass is 16.3. The third-order valence-electron chi connectivity index (χ3n) is 5.20. The van der Waals surface area contributed by atoms with E-state index in [-0.39, 0.29) is 0 Å². The van der Waals surface area contributed by atoms with E-state index in [0.29, 0.717) is 18.9 Å². The van der Waals surface area contributed by atoms with Crippen molar-refractivity contribution in [2.75, 3.05) is 18.0 Å². The Labute approximate surface area is 150 Å². The highest BCUT2D eigenvalue weighted by Gasteiger charge is 2.46. The first-order valence-corrected chi connectivity index (χ1v) is 8.78. The molecule has 3 aromatic rings. The molecule has 26 heavy (non-hydrogen) atoms. The molecule has 8 heteroatoms. The van der Waals surface area contributed by atoms with Gasteiger partial charge in [0.2, 0.25) is 0 Å². The van der Waals surface area contributed by atoms with Gasteiger partial charge in [-0.25, -0.2) is 14.6 Å². The molecule has 0 radical (unpaired) electrons. The van der Waals surface area contributed by atoms with E-state index in [1.807, 2.05) is 18.2 Å². The zero-order valence-corrected chi connectivity index (χ0v) is 14.5. The molecule has 1 saturated heterocycles. The zero-order valence-electron chi connectivity index (χ0n) is 14.5. The minimum absolute atomic E-state index is 0.472. The smallest absolute Gasteiger partial charge is 0.180 e. The maximum absolute atomic E-state index is 10.9. The molecule has 5 rings (SSSR count). The first-order valence-electron chi connectivity index (χ1n) is 8.78. The molecule has 0 spiro atoms. The summed E-state index contributed by atoms with van der Waals surface area (Å²) in [6.45, 7) is 0.943. The number of nitrogens with zero attached hydrogens (tertiary/aromatic N) is 7. The number of aryl methyl sites for hydroxylation is 2. The van der Waals surface area contributed by atoms with Crippen LogP contribution >= 0.6 is 0 Å². The molecule has 2 aliphatic rings. The summed E-state index contributed by atoms with van der Waals surface area (Å²) in [5, 5.41) is 18.7. The number of β-amino-alcohol motifs (C(OH)–C–C–N with tert-alkyl or cyclic N) is 1. The van der Waals surface area contributed by atoms with Crippen molar-refractivity contribution in [2.24, 2.45) is 7.05 Å². The third kappa shape index (κ3) is 2.29. The lowest BCUT2D eigenvalue weighted by Crippen LogP contribution is -2.60. The molecular weight excluding hydrogens is 330 g/mol.